The Bertz CT molecular complexity index is 543. The van der Waals surface area contributed by atoms with Crippen LogP contribution in [0.3, 0.4) is 0 Å². The molecule has 0 atom stereocenters. The number of halogens is 1. The van der Waals surface area contributed by atoms with Crippen molar-refractivity contribution in [1.82, 2.24) is 9.03 Å². The van der Waals surface area contributed by atoms with E-state index in [-0.39, 0.29) is 5.82 Å². The molecule has 0 saturated carbocycles. The lowest BCUT2D eigenvalue weighted by Crippen LogP contribution is -2.43. The third-order valence-electron chi connectivity index (χ3n) is 3.59. The van der Waals surface area contributed by atoms with Crippen LogP contribution in [0.15, 0.2) is 24.3 Å². The third kappa shape index (κ3) is 5.87. The standard InChI is InChI=1S/C15H23FN2O2S2/c16-15-7-5-14(6-8-15)13-21-12-4-9-17-22(19,20)18-10-2-1-3-11-18/h5-8,17H,1-4,9-13H2. The lowest BCUT2D eigenvalue weighted by molar-refractivity contribution is 0.342. The number of rotatable bonds is 8. The quantitative estimate of drug-likeness (QED) is 0.737. The molecule has 0 radical (unpaired) electrons. The number of hydrogen-bond donors (Lipinski definition) is 1. The Kier molecular flexibility index (Phi) is 7.14. The maximum atomic E-state index is 12.8. The second-order valence-corrected chi connectivity index (χ2v) is 8.25. The first kappa shape index (κ1) is 17.7. The first-order valence-corrected chi connectivity index (χ1v) is 10.2. The molecule has 0 aromatic heterocycles. The van der Waals surface area contributed by atoms with Gasteiger partial charge >= 0.3 is 0 Å². The number of nitrogens with one attached hydrogen (secondary N) is 1. The lowest BCUT2D eigenvalue weighted by atomic mass is 10.2. The van der Waals surface area contributed by atoms with E-state index < -0.39 is 10.2 Å². The molecule has 0 spiro atoms. The van der Waals surface area contributed by atoms with Gasteiger partial charge in [-0.3, -0.25) is 0 Å². The fraction of sp³-hybridized carbons (Fsp3) is 0.600. The number of hydrogen-bond acceptors (Lipinski definition) is 3. The molecule has 1 fully saturated rings. The van der Waals surface area contributed by atoms with Crippen LogP contribution in [-0.4, -0.2) is 38.1 Å². The van der Waals surface area contributed by atoms with Crippen LogP contribution in [0.4, 0.5) is 4.39 Å². The maximum absolute atomic E-state index is 12.8. The Labute approximate surface area is 136 Å². The van der Waals surface area contributed by atoms with Gasteiger partial charge in [-0.25, -0.2) is 9.11 Å². The Morgan fingerprint density at radius 2 is 1.82 bits per heavy atom. The fourth-order valence-electron chi connectivity index (χ4n) is 2.34. The molecule has 2 rings (SSSR count). The van der Waals surface area contributed by atoms with Gasteiger partial charge in [0.15, 0.2) is 0 Å². The highest BCUT2D eigenvalue weighted by Crippen LogP contribution is 2.14. The van der Waals surface area contributed by atoms with E-state index in [1.54, 1.807) is 28.2 Å². The van der Waals surface area contributed by atoms with Gasteiger partial charge in [-0.2, -0.15) is 24.5 Å². The van der Waals surface area contributed by atoms with Gasteiger partial charge in [0.25, 0.3) is 10.2 Å². The molecule has 1 saturated heterocycles. The van der Waals surface area contributed by atoms with Gasteiger partial charge in [-0.15, -0.1) is 0 Å². The predicted octanol–water partition coefficient (Wildman–Crippen LogP) is 2.77. The summed E-state index contributed by atoms with van der Waals surface area (Å²) in [6.45, 7) is 1.73. The number of thioether (sulfide) groups is 1. The summed E-state index contributed by atoms with van der Waals surface area (Å²) in [5, 5.41) is 0. The van der Waals surface area contributed by atoms with Crippen molar-refractivity contribution in [1.29, 1.82) is 0 Å². The van der Waals surface area contributed by atoms with Crippen LogP contribution in [-0.2, 0) is 16.0 Å². The molecule has 1 heterocycles. The Hall–Kier alpha value is -0.630. The average molecular weight is 346 g/mol. The normalized spacial score (nSPS) is 16.8. The highest BCUT2D eigenvalue weighted by Gasteiger charge is 2.22. The highest BCUT2D eigenvalue weighted by atomic mass is 32.2. The minimum atomic E-state index is -3.30. The van der Waals surface area contributed by atoms with Crippen molar-refractivity contribution in [2.24, 2.45) is 0 Å². The molecule has 22 heavy (non-hydrogen) atoms. The van der Waals surface area contributed by atoms with E-state index in [1.165, 1.54) is 12.1 Å². The van der Waals surface area contributed by atoms with Crippen LogP contribution >= 0.6 is 11.8 Å². The second kappa shape index (κ2) is 8.86. The maximum Gasteiger partial charge on any atom is 0.279 e. The summed E-state index contributed by atoms with van der Waals surface area (Å²) >= 11 is 1.73. The fourth-order valence-corrected chi connectivity index (χ4v) is 4.59. The molecule has 0 amide bonds. The van der Waals surface area contributed by atoms with Crippen molar-refractivity contribution in [2.75, 3.05) is 25.4 Å². The van der Waals surface area contributed by atoms with Gasteiger partial charge < -0.3 is 0 Å². The van der Waals surface area contributed by atoms with Crippen LogP contribution in [0.5, 0.6) is 0 Å². The summed E-state index contributed by atoms with van der Waals surface area (Å²) in [5.74, 6) is 1.47. The Morgan fingerprint density at radius 1 is 1.14 bits per heavy atom. The third-order valence-corrected chi connectivity index (χ3v) is 6.32. The van der Waals surface area contributed by atoms with Gasteiger partial charge in [0, 0.05) is 25.4 Å². The van der Waals surface area contributed by atoms with Crippen LogP contribution in [0.25, 0.3) is 0 Å². The van der Waals surface area contributed by atoms with Gasteiger partial charge in [0.1, 0.15) is 5.82 Å². The first-order chi connectivity index (χ1) is 10.6. The molecule has 1 aliphatic rings. The summed E-state index contributed by atoms with van der Waals surface area (Å²) in [6.07, 6.45) is 3.81. The topological polar surface area (TPSA) is 49.4 Å². The van der Waals surface area contributed by atoms with Gasteiger partial charge in [0.2, 0.25) is 0 Å². The van der Waals surface area contributed by atoms with E-state index in [0.29, 0.717) is 19.6 Å². The van der Waals surface area contributed by atoms with Crippen molar-refractivity contribution in [3.05, 3.63) is 35.6 Å². The zero-order valence-corrected chi connectivity index (χ0v) is 14.3. The van der Waals surface area contributed by atoms with Crippen molar-refractivity contribution in [3.8, 4) is 0 Å². The lowest BCUT2D eigenvalue weighted by Gasteiger charge is -2.25. The minimum Gasteiger partial charge on any atom is -0.207 e. The van der Waals surface area contributed by atoms with E-state index >= 15 is 0 Å². The highest BCUT2D eigenvalue weighted by molar-refractivity contribution is 7.98. The minimum absolute atomic E-state index is 0.221. The SMILES string of the molecule is O=S(=O)(NCCCSCc1ccc(F)cc1)N1CCCCC1. The van der Waals surface area contributed by atoms with E-state index in [0.717, 1.165) is 42.8 Å². The summed E-state index contributed by atoms with van der Waals surface area (Å²) < 4.78 is 41.1. The van der Waals surface area contributed by atoms with E-state index in [9.17, 15) is 12.8 Å². The molecular formula is C15H23FN2O2S2. The molecule has 4 nitrogen and oxygen atoms in total. The van der Waals surface area contributed by atoms with Gasteiger partial charge in [-0.1, -0.05) is 18.6 Å². The average Bonchev–Trinajstić information content (AvgIpc) is 2.53. The summed E-state index contributed by atoms with van der Waals surface area (Å²) in [7, 11) is -3.30. The Morgan fingerprint density at radius 3 is 2.50 bits per heavy atom. The molecule has 1 aliphatic heterocycles. The number of benzene rings is 1. The summed E-state index contributed by atoms with van der Waals surface area (Å²) in [4.78, 5) is 0. The van der Waals surface area contributed by atoms with Gasteiger partial charge in [0.05, 0.1) is 0 Å². The Balaban J connectivity index is 1.59. The zero-order chi connectivity index (χ0) is 15.8. The molecule has 1 aromatic rings. The molecule has 0 unspecified atom stereocenters. The van der Waals surface area contributed by atoms with Crippen molar-refractivity contribution >= 4 is 22.0 Å². The molecule has 0 aliphatic carbocycles. The van der Waals surface area contributed by atoms with Crippen LogP contribution < -0.4 is 4.72 Å². The van der Waals surface area contributed by atoms with E-state index in [2.05, 4.69) is 4.72 Å². The summed E-state index contributed by atoms with van der Waals surface area (Å²) in [5.41, 5.74) is 1.08. The van der Waals surface area contributed by atoms with Crippen LogP contribution in [0.1, 0.15) is 31.2 Å². The molecule has 124 valence electrons. The second-order valence-electron chi connectivity index (χ2n) is 5.39. The van der Waals surface area contributed by atoms with Gasteiger partial charge in [-0.05, 0) is 42.7 Å². The zero-order valence-electron chi connectivity index (χ0n) is 12.6. The van der Waals surface area contributed by atoms with Crippen molar-refractivity contribution in [2.45, 2.75) is 31.4 Å². The number of piperidine rings is 1. The molecule has 0 bridgehead atoms. The first-order valence-electron chi connectivity index (χ1n) is 7.65. The van der Waals surface area contributed by atoms with Crippen LogP contribution in [0, 0.1) is 5.82 Å². The number of nitrogens with zero attached hydrogens (tertiary/aromatic N) is 1. The smallest absolute Gasteiger partial charge is 0.207 e. The monoisotopic (exact) mass is 346 g/mol. The van der Waals surface area contributed by atoms with E-state index in [1.807, 2.05) is 0 Å². The van der Waals surface area contributed by atoms with E-state index in [4.69, 9.17) is 0 Å². The molecular weight excluding hydrogens is 323 g/mol. The molecule has 1 N–H and O–H groups in total. The van der Waals surface area contributed by atoms with Crippen molar-refractivity contribution < 1.29 is 12.8 Å². The largest absolute Gasteiger partial charge is 0.279 e. The molecule has 1 aromatic carbocycles. The predicted molar refractivity (Wildman–Crippen MR) is 89.5 cm³/mol. The summed E-state index contributed by atoms with van der Waals surface area (Å²) in [6, 6.07) is 6.48. The molecule has 7 heteroatoms. The van der Waals surface area contributed by atoms with Crippen molar-refractivity contribution in [3.63, 3.8) is 0 Å². The van der Waals surface area contributed by atoms with Crippen LogP contribution in [0.2, 0.25) is 0 Å².